The summed E-state index contributed by atoms with van der Waals surface area (Å²) in [7, 11) is 1.64. The lowest BCUT2D eigenvalue weighted by molar-refractivity contribution is 0.146. The molecule has 2 aromatic heterocycles. The minimum Gasteiger partial charge on any atom is -0.490 e. The second-order valence-corrected chi connectivity index (χ2v) is 9.27. The molecule has 0 unspecified atom stereocenters. The third-order valence-corrected chi connectivity index (χ3v) is 7.09. The van der Waals surface area contributed by atoms with Crippen molar-refractivity contribution in [2.75, 3.05) is 25.2 Å². The zero-order valence-corrected chi connectivity index (χ0v) is 20.0. The van der Waals surface area contributed by atoms with Crippen LogP contribution in [0.2, 0.25) is 5.02 Å². The number of nitrogens with one attached hydrogen (secondary N) is 1. The Morgan fingerprint density at radius 2 is 2.13 bits per heavy atom. The summed E-state index contributed by atoms with van der Waals surface area (Å²) in [4.78, 5) is 7.83. The number of thiophene rings is 1. The Morgan fingerprint density at radius 1 is 1.27 bits per heavy atom. The molecule has 1 N–H and O–H groups in total. The van der Waals surface area contributed by atoms with Gasteiger partial charge < -0.3 is 19.7 Å². The molecule has 5 nitrogen and oxygen atoms in total. The summed E-state index contributed by atoms with van der Waals surface area (Å²) in [5.74, 6) is 0.618. The number of aromatic nitrogens is 1. The quantitative estimate of drug-likeness (QED) is 0.313. The predicted octanol–water partition coefficient (Wildman–Crippen LogP) is 5.76. The molecule has 4 rings (SSSR count). The first-order valence-electron chi connectivity index (χ1n) is 9.24. The molecular weight excluding hydrogens is 506 g/mol. The molecular formula is C21H19BrClN3O2S2. The van der Waals surface area contributed by atoms with Gasteiger partial charge in [0.2, 0.25) is 0 Å². The van der Waals surface area contributed by atoms with Gasteiger partial charge in [-0.15, -0.1) is 11.3 Å². The van der Waals surface area contributed by atoms with Gasteiger partial charge >= 0.3 is 0 Å². The first kappa shape index (κ1) is 21.5. The number of rotatable bonds is 7. The molecule has 3 aromatic rings. The van der Waals surface area contributed by atoms with Crippen molar-refractivity contribution >= 4 is 61.9 Å². The number of ether oxygens (including phenoxy) is 2. The molecule has 0 aliphatic carbocycles. The lowest BCUT2D eigenvalue weighted by Gasteiger charge is -2.27. The summed E-state index contributed by atoms with van der Waals surface area (Å²) in [5.41, 5.74) is 1.83. The summed E-state index contributed by atoms with van der Waals surface area (Å²) in [6, 6.07) is 13.6. The van der Waals surface area contributed by atoms with Gasteiger partial charge in [-0.05, 0) is 64.5 Å². The van der Waals surface area contributed by atoms with Gasteiger partial charge in [0, 0.05) is 33.7 Å². The van der Waals surface area contributed by atoms with Crippen LogP contribution in [-0.2, 0) is 4.74 Å². The van der Waals surface area contributed by atoms with Crippen molar-refractivity contribution in [3.63, 3.8) is 0 Å². The van der Waals surface area contributed by atoms with Crippen LogP contribution in [0.25, 0.3) is 0 Å². The van der Waals surface area contributed by atoms with E-state index >= 15 is 0 Å². The predicted molar refractivity (Wildman–Crippen MR) is 129 cm³/mol. The standard InChI is InChI=1S/C21H19BrClN3O2S2/c1-27-8-9-28-17-6-5-14(11-15(17)23)26-20(18-10-13(22)12-30-18)19(25-21(26)29)16-4-2-3-7-24-16/h2-7,10-12,19-20H,8-9H2,1H3,(H,25,29)/t19-,20-/m1/s1. The van der Waals surface area contributed by atoms with E-state index in [4.69, 9.17) is 33.3 Å². The topological polar surface area (TPSA) is 46.6 Å². The number of thiocarbonyl (C=S) groups is 1. The Morgan fingerprint density at radius 3 is 2.80 bits per heavy atom. The van der Waals surface area contributed by atoms with Crippen LogP contribution < -0.4 is 15.0 Å². The second-order valence-electron chi connectivity index (χ2n) is 6.62. The van der Waals surface area contributed by atoms with E-state index in [2.05, 4.69) is 42.6 Å². The molecule has 3 heterocycles. The number of hydrogen-bond donors (Lipinski definition) is 1. The Labute approximate surface area is 198 Å². The summed E-state index contributed by atoms with van der Waals surface area (Å²) in [6.45, 7) is 0.937. The summed E-state index contributed by atoms with van der Waals surface area (Å²) in [6.07, 6.45) is 1.80. The van der Waals surface area contributed by atoms with E-state index in [-0.39, 0.29) is 12.1 Å². The van der Waals surface area contributed by atoms with Gasteiger partial charge in [-0.2, -0.15) is 0 Å². The monoisotopic (exact) mass is 523 g/mol. The number of pyridine rings is 1. The SMILES string of the molecule is COCCOc1ccc(N2C(=S)N[C@H](c3ccccn3)[C@H]2c2cc(Br)cs2)cc1Cl. The molecule has 1 aliphatic rings. The Hall–Kier alpha value is -1.71. The van der Waals surface area contributed by atoms with E-state index in [1.807, 2.05) is 36.4 Å². The number of hydrogen-bond acceptors (Lipinski definition) is 5. The lowest BCUT2D eigenvalue weighted by Crippen LogP contribution is -2.29. The summed E-state index contributed by atoms with van der Waals surface area (Å²) < 4.78 is 11.8. The van der Waals surface area contributed by atoms with Crippen molar-refractivity contribution in [1.29, 1.82) is 0 Å². The maximum absolute atomic E-state index is 6.51. The van der Waals surface area contributed by atoms with Gasteiger partial charge in [-0.3, -0.25) is 4.98 Å². The molecule has 30 heavy (non-hydrogen) atoms. The highest BCUT2D eigenvalue weighted by Gasteiger charge is 2.41. The Bertz CT molecular complexity index is 1030. The Kier molecular flexibility index (Phi) is 6.90. The minimum atomic E-state index is -0.0827. The average molecular weight is 525 g/mol. The molecule has 0 saturated carbocycles. The molecule has 1 aromatic carbocycles. The van der Waals surface area contributed by atoms with Crippen molar-refractivity contribution in [1.82, 2.24) is 10.3 Å². The highest BCUT2D eigenvalue weighted by atomic mass is 79.9. The fraction of sp³-hybridized carbons (Fsp3) is 0.238. The smallest absolute Gasteiger partial charge is 0.174 e. The Balaban J connectivity index is 1.70. The molecule has 0 amide bonds. The second kappa shape index (κ2) is 9.62. The van der Waals surface area contributed by atoms with Crippen LogP contribution in [0.3, 0.4) is 0 Å². The number of benzene rings is 1. The summed E-state index contributed by atoms with van der Waals surface area (Å²) >= 11 is 17.5. The van der Waals surface area contributed by atoms with Crippen molar-refractivity contribution in [2.24, 2.45) is 0 Å². The maximum atomic E-state index is 6.51. The minimum absolute atomic E-state index is 0.0555. The number of anilines is 1. The first-order chi connectivity index (χ1) is 14.6. The van der Waals surface area contributed by atoms with Crippen molar-refractivity contribution in [3.8, 4) is 5.75 Å². The number of methoxy groups -OCH3 is 1. The average Bonchev–Trinajstić information content (AvgIpc) is 3.33. The summed E-state index contributed by atoms with van der Waals surface area (Å²) in [5, 5.41) is 6.68. The van der Waals surface area contributed by atoms with Crippen molar-refractivity contribution in [3.05, 3.63) is 74.1 Å². The third kappa shape index (κ3) is 4.48. The van der Waals surface area contributed by atoms with E-state index in [0.29, 0.717) is 29.1 Å². The zero-order valence-electron chi connectivity index (χ0n) is 16.0. The molecule has 0 spiro atoms. The van der Waals surface area contributed by atoms with Gasteiger partial charge in [0.15, 0.2) is 5.11 Å². The number of nitrogens with zero attached hydrogens (tertiary/aromatic N) is 2. The molecule has 2 atom stereocenters. The fourth-order valence-corrected chi connectivity index (χ4v) is 5.54. The maximum Gasteiger partial charge on any atom is 0.174 e. The van der Waals surface area contributed by atoms with E-state index < -0.39 is 0 Å². The molecule has 0 bridgehead atoms. The lowest BCUT2D eigenvalue weighted by atomic mass is 10.0. The van der Waals surface area contributed by atoms with E-state index in [1.54, 1.807) is 24.6 Å². The van der Waals surface area contributed by atoms with Crippen LogP contribution >= 0.6 is 51.1 Å². The molecule has 1 fully saturated rings. The van der Waals surface area contributed by atoms with Crippen molar-refractivity contribution < 1.29 is 9.47 Å². The van der Waals surface area contributed by atoms with Gasteiger partial charge in [-0.25, -0.2) is 0 Å². The van der Waals surface area contributed by atoms with Gasteiger partial charge in [0.1, 0.15) is 12.4 Å². The van der Waals surface area contributed by atoms with Crippen LogP contribution in [0.15, 0.2) is 58.5 Å². The van der Waals surface area contributed by atoms with E-state index in [1.165, 1.54) is 4.88 Å². The van der Waals surface area contributed by atoms with Gasteiger partial charge in [0.25, 0.3) is 0 Å². The molecule has 1 aliphatic heterocycles. The highest BCUT2D eigenvalue weighted by molar-refractivity contribution is 9.10. The zero-order chi connectivity index (χ0) is 21.1. The van der Waals surface area contributed by atoms with Crippen molar-refractivity contribution in [2.45, 2.75) is 12.1 Å². The normalized spacial score (nSPS) is 18.5. The number of halogens is 2. The van der Waals surface area contributed by atoms with Crippen LogP contribution in [0, 0.1) is 0 Å². The van der Waals surface area contributed by atoms with Gasteiger partial charge in [0.05, 0.1) is 29.4 Å². The highest BCUT2D eigenvalue weighted by Crippen LogP contribution is 2.45. The molecule has 0 radical (unpaired) electrons. The first-order valence-corrected chi connectivity index (χ1v) is 11.7. The largest absolute Gasteiger partial charge is 0.490 e. The van der Waals surface area contributed by atoms with Crippen LogP contribution in [0.4, 0.5) is 5.69 Å². The molecule has 156 valence electrons. The molecule has 1 saturated heterocycles. The van der Waals surface area contributed by atoms with Crippen LogP contribution in [-0.4, -0.2) is 30.4 Å². The fourth-order valence-electron chi connectivity index (χ4n) is 3.40. The van der Waals surface area contributed by atoms with E-state index in [0.717, 1.165) is 15.9 Å². The van der Waals surface area contributed by atoms with E-state index in [9.17, 15) is 0 Å². The van der Waals surface area contributed by atoms with Crippen LogP contribution in [0.1, 0.15) is 22.7 Å². The third-order valence-electron chi connectivity index (χ3n) is 4.72. The van der Waals surface area contributed by atoms with Crippen LogP contribution in [0.5, 0.6) is 5.75 Å². The molecule has 9 heteroatoms. The van der Waals surface area contributed by atoms with Gasteiger partial charge in [-0.1, -0.05) is 17.7 Å².